The number of aliphatic hydroxyl groups excluding tert-OH is 2. The molecular formula is C57H105NO5. The summed E-state index contributed by atoms with van der Waals surface area (Å²) in [6.07, 6.45) is 61.7. The Balaban J connectivity index is 4.63. The van der Waals surface area contributed by atoms with Crippen LogP contribution in [-0.2, 0) is 14.3 Å². The number of nitrogens with one attached hydrogen (secondary N) is 1. The van der Waals surface area contributed by atoms with Crippen molar-refractivity contribution in [1.29, 1.82) is 0 Å². The molecule has 0 radical (unpaired) electrons. The van der Waals surface area contributed by atoms with Crippen LogP contribution in [0.3, 0.4) is 0 Å². The van der Waals surface area contributed by atoms with Gasteiger partial charge in [0.05, 0.1) is 25.2 Å². The van der Waals surface area contributed by atoms with Crippen molar-refractivity contribution in [3.63, 3.8) is 0 Å². The molecule has 63 heavy (non-hydrogen) atoms. The van der Waals surface area contributed by atoms with E-state index in [0.717, 1.165) is 89.9 Å². The summed E-state index contributed by atoms with van der Waals surface area (Å²) >= 11 is 0. The Bertz CT molecular complexity index is 1080. The van der Waals surface area contributed by atoms with E-state index in [0.29, 0.717) is 19.3 Å². The van der Waals surface area contributed by atoms with Crippen LogP contribution in [0, 0.1) is 0 Å². The predicted molar refractivity (Wildman–Crippen MR) is 273 cm³/mol. The van der Waals surface area contributed by atoms with Crippen LogP contribution < -0.4 is 5.32 Å². The largest absolute Gasteiger partial charge is 0.462 e. The van der Waals surface area contributed by atoms with Gasteiger partial charge < -0.3 is 20.3 Å². The highest BCUT2D eigenvalue weighted by molar-refractivity contribution is 5.77. The third-order valence-electron chi connectivity index (χ3n) is 12.4. The molecule has 0 aromatic carbocycles. The molecular weight excluding hydrogens is 779 g/mol. The van der Waals surface area contributed by atoms with Gasteiger partial charge in [-0.2, -0.15) is 0 Å². The second kappa shape index (κ2) is 50.8. The normalized spacial score (nSPS) is 13.5. The van der Waals surface area contributed by atoms with Crippen molar-refractivity contribution in [3.8, 4) is 0 Å². The third kappa shape index (κ3) is 46.2. The number of amides is 1. The molecule has 6 nitrogen and oxygen atoms in total. The van der Waals surface area contributed by atoms with Crippen LogP contribution in [0.5, 0.6) is 0 Å². The van der Waals surface area contributed by atoms with Gasteiger partial charge in [-0.1, -0.05) is 223 Å². The summed E-state index contributed by atoms with van der Waals surface area (Å²) in [6.45, 7) is 6.45. The summed E-state index contributed by atoms with van der Waals surface area (Å²) < 4.78 is 5.94. The first-order valence-corrected chi connectivity index (χ1v) is 27.4. The fraction of sp³-hybridized carbons (Fsp3) is 0.825. The van der Waals surface area contributed by atoms with Crippen molar-refractivity contribution in [2.75, 3.05) is 6.61 Å². The van der Waals surface area contributed by atoms with E-state index in [9.17, 15) is 19.8 Å². The Kier molecular flexibility index (Phi) is 49.1. The van der Waals surface area contributed by atoms with Gasteiger partial charge in [0, 0.05) is 6.42 Å². The van der Waals surface area contributed by atoms with Crippen molar-refractivity contribution >= 4 is 11.9 Å². The molecule has 0 bridgehead atoms. The van der Waals surface area contributed by atoms with Crippen LogP contribution in [0.15, 0.2) is 48.6 Å². The van der Waals surface area contributed by atoms with Gasteiger partial charge in [-0.05, 0) is 89.9 Å². The second-order valence-corrected chi connectivity index (χ2v) is 18.6. The fourth-order valence-electron chi connectivity index (χ4n) is 8.20. The highest BCUT2D eigenvalue weighted by Gasteiger charge is 2.24. The van der Waals surface area contributed by atoms with E-state index in [1.807, 2.05) is 0 Å². The van der Waals surface area contributed by atoms with Gasteiger partial charge in [-0.3, -0.25) is 9.59 Å². The van der Waals surface area contributed by atoms with E-state index in [4.69, 9.17) is 4.74 Å². The number of aliphatic hydroxyl groups is 2. The number of unbranched alkanes of at least 4 members (excludes halogenated alkanes) is 29. The van der Waals surface area contributed by atoms with Gasteiger partial charge in [-0.15, -0.1) is 0 Å². The predicted octanol–water partition coefficient (Wildman–Crippen LogP) is 16.6. The van der Waals surface area contributed by atoms with Crippen LogP contribution in [0.2, 0.25) is 0 Å². The lowest BCUT2D eigenvalue weighted by Crippen LogP contribution is -2.46. The molecule has 0 saturated heterocycles. The average Bonchev–Trinajstić information content (AvgIpc) is 3.28. The molecule has 0 aliphatic heterocycles. The molecule has 3 atom stereocenters. The van der Waals surface area contributed by atoms with Gasteiger partial charge in [-0.25, -0.2) is 0 Å². The van der Waals surface area contributed by atoms with Gasteiger partial charge in [0.15, 0.2) is 0 Å². The summed E-state index contributed by atoms with van der Waals surface area (Å²) in [5, 5.41) is 23.8. The highest BCUT2D eigenvalue weighted by atomic mass is 16.5. The lowest BCUT2D eigenvalue weighted by molar-refractivity contribution is -0.151. The van der Waals surface area contributed by atoms with E-state index in [2.05, 4.69) is 74.7 Å². The fourth-order valence-corrected chi connectivity index (χ4v) is 8.20. The van der Waals surface area contributed by atoms with Crippen molar-refractivity contribution in [3.05, 3.63) is 48.6 Å². The molecule has 0 aromatic heterocycles. The number of carbonyl (C=O) groups excluding carboxylic acids is 2. The van der Waals surface area contributed by atoms with Crippen LogP contribution in [0.4, 0.5) is 0 Å². The van der Waals surface area contributed by atoms with E-state index in [1.165, 1.54) is 141 Å². The molecule has 1 amide bonds. The quantitative estimate of drug-likeness (QED) is 0.0321. The molecule has 0 rings (SSSR count). The Labute approximate surface area is 391 Å². The number of rotatable bonds is 49. The Morgan fingerprint density at radius 3 is 1.27 bits per heavy atom. The number of carbonyl (C=O) groups is 2. The minimum absolute atomic E-state index is 0.0603. The topological polar surface area (TPSA) is 95.9 Å². The van der Waals surface area contributed by atoms with Crippen molar-refractivity contribution in [1.82, 2.24) is 5.32 Å². The molecule has 0 aromatic rings. The molecule has 0 heterocycles. The molecule has 0 fully saturated rings. The minimum Gasteiger partial charge on any atom is -0.462 e. The van der Waals surface area contributed by atoms with Gasteiger partial charge in [0.2, 0.25) is 5.91 Å². The number of hydrogen-bond acceptors (Lipinski definition) is 5. The molecule has 6 heteroatoms. The number of esters is 1. The van der Waals surface area contributed by atoms with E-state index >= 15 is 0 Å². The molecule has 3 unspecified atom stereocenters. The average molecular weight is 884 g/mol. The lowest BCUT2D eigenvalue weighted by Gasteiger charge is -2.24. The number of allylic oxidation sites excluding steroid dienone is 8. The summed E-state index contributed by atoms with van der Waals surface area (Å²) in [7, 11) is 0. The number of ether oxygens (including phenoxy) is 1. The molecule has 0 saturated carbocycles. The first-order chi connectivity index (χ1) is 31.0. The van der Waals surface area contributed by atoms with Gasteiger partial charge >= 0.3 is 5.97 Å². The highest BCUT2D eigenvalue weighted by Crippen LogP contribution is 2.18. The number of hydrogen-bond donors (Lipinski definition) is 3. The first kappa shape index (κ1) is 60.8. The zero-order chi connectivity index (χ0) is 45.9. The maximum Gasteiger partial charge on any atom is 0.306 e. The maximum absolute atomic E-state index is 13.2. The summed E-state index contributed by atoms with van der Waals surface area (Å²) in [5.41, 5.74) is 0. The minimum atomic E-state index is -0.795. The van der Waals surface area contributed by atoms with E-state index < -0.39 is 18.2 Å². The smallest absolute Gasteiger partial charge is 0.306 e. The summed E-state index contributed by atoms with van der Waals surface area (Å²) in [6, 6.07) is -0.710. The van der Waals surface area contributed by atoms with Gasteiger partial charge in [0.1, 0.15) is 6.10 Å². The Hall–Kier alpha value is -2.18. The molecule has 0 spiro atoms. The Morgan fingerprint density at radius 2 is 0.810 bits per heavy atom. The standard InChI is InChI=1S/C57H105NO5/c1-4-7-10-13-16-19-22-24-26-28-29-31-34-36-39-42-45-48-53(63-57(62)50-47-44-41-38-35-32-30-27-25-23-20-17-14-11-8-5-2)51-56(61)58-54(52-59)55(60)49-46-43-40-37-33-21-18-15-12-9-6-3/h16,19,24,26-27,29-31,53-55,59-60H,4-15,17-18,20-23,25,28,32-52H2,1-3H3,(H,58,61)/b19-16-,26-24-,30-27+,31-29-. The molecule has 3 N–H and O–H groups in total. The van der Waals surface area contributed by atoms with Crippen LogP contribution in [0.1, 0.15) is 278 Å². The molecule has 368 valence electrons. The second-order valence-electron chi connectivity index (χ2n) is 18.6. The zero-order valence-corrected chi connectivity index (χ0v) is 42.0. The SMILES string of the molecule is CCCCC/C=C\C/C=C\C/C=C\CCCCCCC(CC(=O)NC(CO)C(O)CCCCCCCCCCCCC)OC(=O)CCCCCCC/C=C/CCCCCCCCC. The van der Waals surface area contributed by atoms with Crippen LogP contribution in [0.25, 0.3) is 0 Å². The van der Waals surface area contributed by atoms with Crippen molar-refractivity contribution < 1.29 is 24.5 Å². The van der Waals surface area contributed by atoms with Crippen molar-refractivity contribution in [2.24, 2.45) is 0 Å². The summed E-state index contributed by atoms with van der Waals surface area (Å²) in [4.78, 5) is 26.2. The monoisotopic (exact) mass is 884 g/mol. The third-order valence-corrected chi connectivity index (χ3v) is 12.4. The van der Waals surface area contributed by atoms with E-state index in [-0.39, 0.29) is 24.9 Å². The van der Waals surface area contributed by atoms with Gasteiger partial charge in [0.25, 0.3) is 0 Å². The molecule has 0 aliphatic carbocycles. The van der Waals surface area contributed by atoms with Crippen LogP contribution >= 0.6 is 0 Å². The maximum atomic E-state index is 13.2. The zero-order valence-electron chi connectivity index (χ0n) is 42.0. The molecule has 0 aliphatic rings. The van der Waals surface area contributed by atoms with E-state index in [1.54, 1.807) is 0 Å². The van der Waals surface area contributed by atoms with Crippen molar-refractivity contribution in [2.45, 2.75) is 296 Å². The summed E-state index contributed by atoms with van der Waals surface area (Å²) in [5.74, 6) is -0.498. The van der Waals surface area contributed by atoms with Crippen LogP contribution in [-0.4, -0.2) is 46.9 Å². The Morgan fingerprint density at radius 1 is 0.460 bits per heavy atom. The first-order valence-electron chi connectivity index (χ1n) is 27.4. The lowest BCUT2D eigenvalue weighted by atomic mass is 10.0.